The highest BCUT2D eigenvalue weighted by atomic mass is 32.1. The van der Waals surface area contributed by atoms with Crippen molar-refractivity contribution in [3.8, 4) is 0 Å². The fourth-order valence-corrected chi connectivity index (χ4v) is 2.95. The summed E-state index contributed by atoms with van der Waals surface area (Å²) in [6.07, 6.45) is -0.0353. The van der Waals surface area contributed by atoms with Gasteiger partial charge in [0.1, 0.15) is 0 Å². The van der Waals surface area contributed by atoms with Crippen molar-refractivity contribution in [1.29, 1.82) is 0 Å². The van der Waals surface area contributed by atoms with E-state index >= 15 is 0 Å². The summed E-state index contributed by atoms with van der Waals surface area (Å²) in [5.41, 5.74) is 1.79. The average Bonchev–Trinajstić information content (AvgIpc) is 2.92. The largest absolute Gasteiger partial charge is 0.481 e. The van der Waals surface area contributed by atoms with Gasteiger partial charge in [0.15, 0.2) is 5.13 Å². The fourth-order valence-electron chi connectivity index (χ4n) is 2.24. The van der Waals surface area contributed by atoms with Crippen LogP contribution in [-0.4, -0.2) is 16.1 Å². The molecule has 0 radical (unpaired) electrons. The van der Waals surface area contributed by atoms with Gasteiger partial charge in [0.2, 0.25) is 0 Å². The molecule has 2 N–H and O–H groups in total. The molecule has 0 aliphatic heterocycles. The molecule has 0 saturated heterocycles. The van der Waals surface area contributed by atoms with Gasteiger partial charge in [0, 0.05) is 11.9 Å². The first-order valence-electron chi connectivity index (χ1n) is 6.59. The van der Waals surface area contributed by atoms with Gasteiger partial charge in [0.05, 0.1) is 12.1 Å². The Kier molecular flexibility index (Phi) is 3.83. The van der Waals surface area contributed by atoms with Crippen LogP contribution >= 0.6 is 11.3 Å². The average molecular weight is 298 g/mol. The van der Waals surface area contributed by atoms with Crippen LogP contribution in [0.25, 0.3) is 10.8 Å². The van der Waals surface area contributed by atoms with E-state index in [1.807, 2.05) is 18.2 Å². The molecule has 0 atom stereocenters. The Hall–Kier alpha value is -2.40. The maximum atomic E-state index is 10.6. The van der Waals surface area contributed by atoms with E-state index in [-0.39, 0.29) is 6.42 Å². The van der Waals surface area contributed by atoms with Crippen LogP contribution in [0.2, 0.25) is 0 Å². The Morgan fingerprint density at radius 2 is 2.00 bits per heavy atom. The van der Waals surface area contributed by atoms with Crippen molar-refractivity contribution in [3.63, 3.8) is 0 Å². The number of aromatic nitrogens is 1. The van der Waals surface area contributed by atoms with E-state index in [0.717, 1.165) is 5.13 Å². The summed E-state index contributed by atoms with van der Waals surface area (Å²) in [6.45, 7) is 0.668. The molecule has 3 aromatic rings. The number of nitrogens with zero attached hydrogens (tertiary/aromatic N) is 1. The number of thiazole rings is 1. The number of hydrogen-bond acceptors (Lipinski definition) is 4. The third-order valence-corrected chi connectivity index (χ3v) is 4.04. The third-order valence-electron chi connectivity index (χ3n) is 3.19. The van der Waals surface area contributed by atoms with Crippen LogP contribution in [0.15, 0.2) is 47.8 Å². The molecule has 3 rings (SSSR count). The highest BCUT2D eigenvalue weighted by Gasteiger charge is 2.06. The first-order valence-corrected chi connectivity index (χ1v) is 7.47. The van der Waals surface area contributed by atoms with Gasteiger partial charge in [-0.3, -0.25) is 4.79 Å². The predicted molar refractivity (Wildman–Crippen MR) is 84.7 cm³/mol. The minimum Gasteiger partial charge on any atom is -0.481 e. The molecule has 21 heavy (non-hydrogen) atoms. The molecule has 1 heterocycles. The molecule has 0 aliphatic rings. The number of carboxylic acids is 1. The quantitative estimate of drug-likeness (QED) is 0.756. The smallest absolute Gasteiger partial charge is 0.309 e. The second-order valence-corrected chi connectivity index (χ2v) is 5.56. The van der Waals surface area contributed by atoms with Gasteiger partial charge in [-0.2, -0.15) is 0 Å². The molecule has 0 spiro atoms. The Labute approximate surface area is 126 Å². The molecule has 4 nitrogen and oxygen atoms in total. The summed E-state index contributed by atoms with van der Waals surface area (Å²) in [4.78, 5) is 14.9. The second kappa shape index (κ2) is 5.93. The SMILES string of the molecule is O=C(O)Cc1csc(NCc2cccc3ccccc23)n1. The Morgan fingerprint density at radius 1 is 1.19 bits per heavy atom. The van der Waals surface area contributed by atoms with Crippen LogP contribution < -0.4 is 5.32 Å². The monoisotopic (exact) mass is 298 g/mol. The zero-order chi connectivity index (χ0) is 14.7. The standard InChI is InChI=1S/C16H14N2O2S/c19-15(20)8-13-10-21-16(18-13)17-9-12-6-3-5-11-4-1-2-7-14(11)12/h1-7,10H,8-9H2,(H,17,18)(H,19,20). The highest BCUT2D eigenvalue weighted by Crippen LogP contribution is 2.21. The van der Waals surface area contributed by atoms with Crippen LogP contribution in [0, 0.1) is 0 Å². The number of nitrogens with one attached hydrogen (secondary N) is 1. The molecular formula is C16H14N2O2S. The first-order chi connectivity index (χ1) is 10.2. The van der Waals surface area contributed by atoms with Gasteiger partial charge in [-0.25, -0.2) is 4.98 Å². The van der Waals surface area contributed by atoms with Crippen LogP contribution in [-0.2, 0) is 17.8 Å². The number of hydrogen-bond donors (Lipinski definition) is 2. The zero-order valence-corrected chi connectivity index (χ0v) is 12.1. The van der Waals surface area contributed by atoms with Crippen molar-refractivity contribution < 1.29 is 9.90 Å². The Bertz CT molecular complexity index is 777. The molecule has 2 aromatic carbocycles. The molecule has 0 fully saturated rings. The van der Waals surface area contributed by atoms with Crippen LogP contribution in [0.5, 0.6) is 0 Å². The second-order valence-electron chi connectivity index (χ2n) is 4.71. The molecule has 1 aromatic heterocycles. The Morgan fingerprint density at radius 3 is 2.86 bits per heavy atom. The molecule has 5 heteroatoms. The number of fused-ring (bicyclic) bond motifs is 1. The van der Waals surface area contributed by atoms with Gasteiger partial charge < -0.3 is 10.4 Å². The summed E-state index contributed by atoms with van der Waals surface area (Å²) < 4.78 is 0. The summed E-state index contributed by atoms with van der Waals surface area (Å²) in [5.74, 6) is -0.860. The van der Waals surface area contributed by atoms with Crippen LogP contribution in [0.1, 0.15) is 11.3 Å². The molecule has 0 saturated carbocycles. The lowest BCUT2D eigenvalue weighted by atomic mass is 10.0. The topological polar surface area (TPSA) is 62.2 Å². The number of aliphatic carboxylic acids is 1. The number of anilines is 1. The van der Waals surface area contributed by atoms with E-state index in [2.05, 4.69) is 34.6 Å². The van der Waals surface area contributed by atoms with Crippen molar-refractivity contribution in [2.24, 2.45) is 0 Å². The first kappa shape index (κ1) is 13.6. The van der Waals surface area contributed by atoms with Gasteiger partial charge >= 0.3 is 5.97 Å². The number of carboxylic acid groups (broad SMARTS) is 1. The van der Waals surface area contributed by atoms with Crippen molar-refractivity contribution >= 4 is 33.2 Å². The van der Waals surface area contributed by atoms with E-state index in [1.165, 1.54) is 27.7 Å². The summed E-state index contributed by atoms with van der Waals surface area (Å²) in [7, 11) is 0. The molecule has 0 unspecified atom stereocenters. The van der Waals surface area contributed by atoms with Crippen LogP contribution in [0.4, 0.5) is 5.13 Å². The van der Waals surface area contributed by atoms with Crippen LogP contribution in [0.3, 0.4) is 0 Å². The third kappa shape index (κ3) is 3.20. The fraction of sp³-hybridized carbons (Fsp3) is 0.125. The zero-order valence-electron chi connectivity index (χ0n) is 11.2. The summed E-state index contributed by atoms with van der Waals surface area (Å²) in [5, 5.41) is 17.0. The van der Waals surface area contributed by atoms with Crippen molar-refractivity contribution in [2.75, 3.05) is 5.32 Å². The van der Waals surface area contributed by atoms with Crippen molar-refractivity contribution in [2.45, 2.75) is 13.0 Å². The molecule has 106 valence electrons. The van der Waals surface area contributed by atoms with Crippen molar-refractivity contribution in [1.82, 2.24) is 4.98 Å². The number of carbonyl (C=O) groups is 1. The van der Waals surface area contributed by atoms with Gasteiger partial charge in [-0.05, 0) is 16.3 Å². The predicted octanol–water partition coefficient (Wildman–Crippen LogP) is 3.54. The Balaban J connectivity index is 1.74. The summed E-state index contributed by atoms with van der Waals surface area (Å²) in [6, 6.07) is 14.5. The van der Waals surface area contributed by atoms with E-state index < -0.39 is 5.97 Å². The number of benzene rings is 2. The van der Waals surface area contributed by atoms with E-state index in [4.69, 9.17) is 5.11 Å². The summed E-state index contributed by atoms with van der Waals surface area (Å²) >= 11 is 1.43. The van der Waals surface area contributed by atoms with E-state index in [1.54, 1.807) is 5.38 Å². The normalized spacial score (nSPS) is 10.7. The minimum atomic E-state index is -0.860. The van der Waals surface area contributed by atoms with E-state index in [0.29, 0.717) is 12.2 Å². The van der Waals surface area contributed by atoms with Gasteiger partial charge in [-0.15, -0.1) is 11.3 Å². The van der Waals surface area contributed by atoms with E-state index in [9.17, 15) is 4.79 Å². The maximum absolute atomic E-state index is 10.6. The minimum absolute atomic E-state index is 0.0353. The molecular weight excluding hydrogens is 284 g/mol. The van der Waals surface area contributed by atoms with Gasteiger partial charge in [0.25, 0.3) is 0 Å². The number of rotatable bonds is 5. The highest BCUT2D eigenvalue weighted by molar-refractivity contribution is 7.13. The van der Waals surface area contributed by atoms with Gasteiger partial charge in [-0.1, -0.05) is 42.5 Å². The molecule has 0 aliphatic carbocycles. The maximum Gasteiger partial charge on any atom is 0.309 e. The lowest BCUT2D eigenvalue weighted by Gasteiger charge is -2.07. The van der Waals surface area contributed by atoms with Crippen molar-refractivity contribution in [3.05, 3.63) is 59.1 Å². The lowest BCUT2D eigenvalue weighted by Crippen LogP contribution is -2.02. The lowest BCUT2D eigenvalue weighted by molar-refractivity contribution is -0.136. The molecule has 0 bridgehead atoms. The molecule has 0 amide bonds.